The highest BCUT2D eigenvalue weighted by molar-refractivity contribution is 9.10. The molecule has 1 unspecified atom stereocenters. The summed E-state index contributed by atoms with van der Waals surface area (Å²) in [6.07, 6.45) is 3.54. The van der Waals surface area contributed by atoms with Gasteiger partial charge in [-0.05, 0) is 66.6 Å². The summed E-state index contributed by atoms with van der Waals surface area (Å²) in [5, 5.41) is 5.25. The van der Waals surface area contributed by atoms with E-state index in [1.54, 1.807) is 24.0 Å². The van der Waals surface area contributed by atoms with Gasteiger partial charge in [-0.25, -0.2) is 4.79 Å². The number of carbonyl (C=O) groups is 1. The number of aryl methyl sites for hydroxylation is 1. The lowest BCUT2D eigenvalue weighted by atomic mass is 10.0. The molecular weight excluding hydrogens is 474 g/mol. The fourth-order valence-corrected chi connectivity index (χ4v) is 4.10. The number of amides is 1. The fourth-order valence-electron chi connectivity index (χ4n) is 3.64. The summed E-state index contributed by atoms with van der Waals surface area (Å²) in [5.41, 5.74) is 0.0724. The lowest BCUT2D eigenvalue weighted by Crippen LogP contribution is -2.42. The number of nitrogens with one attached hydrogen (secondary N) is 1. The van der Waals surface area contributed by atoms with E-state index >= 15 is 0 Å². The van der Waals surface area contributed by atoms with Crippen molar-refractivity contribution in [3.05, 3.63) is 45.4 Å². The van der Waals surface area contributed by atoms with Crippen molar-refractivity contribution in [1.29, 1.82) is 0 Å². The van der Waals surface area contributed by atoms with Crippen LogP contribution >= 0.6 is 15.9 Å². The molecule has 0 bridgehead atoms. The Morgan fingerprint density at radius 3 is 2.59 bits per heavy atom. The van der Waals surface area contributed by atoms with Gasteiger partial charge in [-0.1, -0.05) is 13.8 Å². The predicted octanol–water partition coefficient (Wildman–Crippen LogP) is 5.17. The summed E-state index contributed by atoms with van der Waals surface area (Å²) < 4.78 is 13.9. The largest absolute Gasteiger partial charge is 0.490 e. The first-order valence-electron chi connectivity index (χ1n) is 10.6. The summed E-state index contributed by atoms with van der Waals surface area (Å²) in [6.45, 7) is 9.94. The number of alkyl carbamates (subject to hydrolysis) is 1. The van der Waals surface area contributed by atoms with Gasteiger partial charge in [-0.3, -0.25) is 9.78 Å². The van der Waals surface area contributed by atoms with Crippen LogP contribution in [0.3, 0.4) is 0 Å². The van der Waals surface area contributed by atoms with E-state index in [9.17, 15) is 9.59 Å². The number of aromatic nitrogens is 2. The number of hydrogen-bond donors (Lipinski definition) is 1. The van der Waals surface area contributed by atoms with Crippen molar-refractivity contribution in [2.75, 3.05) is 6.61 Å². The van der Waals surface area contributed by atoms with E-state index in [1.165, 1.54) is 0 Å². The molecule has 3 aromatic rings. The van der Waals surface area contributed by atoms with Crippen LogP contribution in [-0.2, 0) is 11.8 Å². The van der Waals surface area contributed by atoms with Crippen LogP contribution in [0, 0.1) is 5.92 Å². The van der Waals surface area contributed by atoms with E-state index in [0.29, 0.717) is 17.1 Å². The normalized spacial score (nSPS) is 12.9. The Morgan fingerprint density at radius 1 is 1.22 bits per heavy atom. The molecule has 0 aliphatic heterocycles. The summed E-state index contributed by atoms with van der Waals surface area (Å²) in [6, 6.07) is 5.42. The maximum Gasteiger partial charge on any atom is 0.407 e. The average molecular weight is 504 g/mol. The highest BCUT2D eigenvalue weighted by atomic mass is 79.9. The number of benzene rings is 1. The fraction of sp³-hybridized carbons (Fsp3) is 0.458. The summed E-state index contributed by atoms with van der Waals surface area (Å²) >= 11 is 3.60. The minimum absolute atomic E-state index is 0.113. The Labute approximate surface area is 196 Å². The Hall–Kier alpha value is -2.61. The molecule has 1 aromatic carbocycles. The van der Waals surface area contributed by atoms with Crippen LogP contribution in [0.5, 0.6) is 5.75 Å². The van der Waals surface area contributed by atoms with Crippen molar-refractivity contribution in [3.63, 3.8) is 0 Å². The molecule has 0 fully saturated rings. The van der Waals surface area contributed by atoms with Crippen molar-refractivity contribution in [1.82, 2.24) is 14.9 Å². The van der Waals surface area contributed by atoms with Crippen LogP contribution in [0.2, 0.25) is 0 Å². The summed E-state index contributed by atoms with van der Waals surface area (Å²) in [5.74, 6) is 0.958. The third kappa shape index (κ3) is 5.59. The molecular formula is C24H30BrN3O4. The first-order chi connectivity index (χ1) is 15.0. The number of fused-ring (bicyclic) bond motifs is 3. The maximum absolute atomic E-state index is 12.8. The summed E-state index contributed by atoms with van der Waals surface area (Å²) in [4.78, 5) is 29.1. The molecule has 1 amide bonds. The number of hydrogen-bond acceptors (Lipinski definition) is 5. The third-order valence-corrected chi connectivity index (χ3v) is 5.59. The van der Waals surface area contributed by atoms with Gasteiger partial charge in [0.15, 0.2) is 0 Å². The van der Waals surface area contributed by atoms with Gasteiger partial charge in [0.2, 0.25) is 0 Å². The van der Waals surface area contributed by atoms with Gasteiger partial charge in [0.25, 0.3) is 5.56 Å². The molecule has 1 atom stereocenters. The molecule has 0 aliphatic rings. The zero-order valence-corrected chi connectivity index (χ0v) is 20.9. The molecule has 0 saturated carbocycles. The van der Waals surface area contributed by atoms with Gasteiger partial charge >= 0.3 is 6.09 Å². The van der Waals surface area contributed by atoms with E-state index in [-0.39, 0.29) is 18.2 Å². The lowest BCUT2D eigenvalue weighted by molar-refractivity contribution is 0.0480. The lowest BCUT2D eigenvalue weighted by Gasteiger charge is -2.25. The first-order valence-corrected chi connectivity index (χ1v) is 11.4. The van der Waals surface area contributed by atoms with Gasteiger partial charge in [0.05, 0.1) is 21.4 Å². The molecule has 1 N–H and O–H groups in total. The highest BCUT2D eigenvalue weighted by Crippen LogP contribution is 2.33. The molecule has 3 rings (SSSR count). The average Bonchev–Trinajstić information content (AvgIpc) is 2.68. The van der Waals surface area contributed by atoms with Gasteiger partial charge in [0.1, 0.15) is 18.0 Å². The zero-order chi connectivity index (χ0) is 23.6. The van der Waals surface area contributed by atoms with Crippen molar-refractivity contribution >= 4 is 43.7 Å². The molecule has 172 valence electrons. The monoisotopic (exact) mass is 503 g/mol. The first kappa shape index (κ1) is 24.0. The second-order valence-corrected chi connectivity index (χ2v) is 10.2. The van der Waals surface area contributed by atoms with Crippen LogP contribution in [0.4, 0.5) is 4.79 Å². The van der Waals surface area contributed by atoms with Gasteiger partial charge in [-0.2, -0.15) is 0 Å². The van der Waals surface area contributed by atoms with E-state index in [0.717, 1.165) is 27.2 Å². The molecule has 8 heteroatoms. The standard InChI is InChI=1S/C24H30BrN3O4/c1-14(2)9-15(27-23(30)32-24(3,4)5)13-31-21-11-20-17(10-19(21)25)16-7-8-26-12-18(16)22(29)28(20)6/h7-8,10-12,14-15H,9,13H2,1-6H3,(H,27,30). The van der Waals surface area contributed by atoms with Gasteiger partial charge in [-0.15, -0.1) is 0 Å². The van der Waals surface area contributed by atoms with Crippen molar-refractivity contribution in [2.24, 2.45) is 13.0 Å². The van der Waals surface area contributed by atoms with E-state index < -0.39 is 11.7 Å². The third-order valence-electron chi connectivity index (χ3n) is 4.97. The minimum atomic E-state index is -0.572. The van der Waals surface area contributed by atoms with Crippen LogP contribution < -0.4 is 15.6 Å². The van der Waals surface area contributed by atoms with Gasteiger partial charge < -0.3 is 19.4 Å². The summed E-state index contributed by atoms with van der Waals surface area (Å²) in [7, 11) is 1.74. The Morgan fingerprint density at radius 2 is 1.94 bits per heavy atom. The SMILES string of the molecule is CC(C)CC(COc1cc2c(cc1Br)c1ccncc1c(=O)n2C)NC(=O)OC(C)(C)C. The number of pyridine rings is 2. The van der Waals surface area contributed by atoms with Crippen LogP contribution in [0.15, 0.2) is 39.9 Å². The van der Waals surface area contributed by atoms with Crippen LogP contribution in [-0.4, -0.2) is 33.9 Å². The van der Waals surface area contributed by atoms with E-state index in [2.05, 4.69) is 40.1 Å². The quantitative estimate of drug-likeness (QED) is 0.469. The van der Waals surface area contributed by atoms with Crippen molar-refractivity contribution in [2.45, 2.75) is 52.7 Å². The highest BCUT2D eigenvalue weighted by Gasteiger charge is 2.21. The molecule has 0 spiro atoms. The smallest absolute Gasteiger partial charge is 0.407 e. The second kappa shape index (κ2) is 9.48. The number of nitrogens with zero attached hydrogens (tertiary/aromatic N) is 2. The van der Waals surface area contributed by atoms with E-state index in [1.807, 2.05) is 39.0 Å². The molecule has 7 nitrogen and oxygen atoms in total. The molecule has 2 aromatic heterocycles. The number of halogens is 1. The van der Waals surface area contributed by atoms with Crippen molar-refractivity contribution < 1.29 is 14.3 Å². The zero-order valence-electron chi connectivity index (χ0n) is 19.4. The van der Waals surface area contributed by atoms with Crippen molar-refractivity contribution in [3.8, 4) is 5.75 Å². The van der Waals surface area contributed by atoms with Crippen LogP contribution in [0.25, 0.3) is 21.7 Å². The topological polar surface area (TPSA) is 82.5 Å². The maximum atomic E-state index is 12.8. The molecule has 0 aliphatic carbocycles. The number of ether oxygens (including phenoxy) is 2. The number of rotatable bonds is 6. The van der Waals surface area contributed by atoms with Crippen LogP contribution in [0.1, 0.15) is 41.0 Å². The molecule has 0 radical (unpaired) electrons. The molecule has 0 saturated heterocycles. The Bertz CT molecular complexity index is 1200. The Kier molecular flexibility index (Phi) is 7.12. The Balaban J connectivity index is 1.89. The second-order valence-electron chi connectivity index (χ2n) is 9.37. The minimum Gasteiger partial charge on any atom is -0.490 e. The number of carbonyl (C=O) groups excluding carboxylic acids is 1. The van der Waals surface area contributed by atoms with E-state index in [4.69, 9.17) is 9.47 Å². The predicted molar refractivity (Wildman–Crippen MR) is 130 cm³/mol. The van der Waals surface area contributed by atoms with Gasteiger partial charge in [0, 0.05) is 30.9 Å². The molecule has 2 heterocycles. The molecule has 32 heavy (non-hydrogen) atoms.